The Morgan fingerprint density at radius 2 is 2.12 bits per heavy atom. The van der Waals surface area contributed by atoms with Gasteiger partial charge in [0, 0.05) is 30.5 Å². The fourth-order valence-electron chi connectivity index (χ4n) is 1.87. The Balaban J connectivity index is 3.05. The monoisotopic (exact) mass is 238 g/mol. The van der Waals surface area contributed by atoms with Gasteiger partial charge in [0.25, 0.3) is 0 Å². The SMILES string of the molecule is COCc1cnc(C)c(OC)c1CC[C@H](C)N. The van der Waals surface area contributed by atoms with Crippen LogP contribution in [0.1, 0.15) is 30.2 Å². The van der Waals surface area contributed by atoms with Crippen LogP contribution >= 0.6 is 0 Å². The van der Waals surface area contributed by atoms with Crippen molar-refractivity contribution in [3.63, 3.8) is 0 Å². The van der Waals surface area contributed by atoms with Gasteiger partial charge in [0.05, 0.1) is 19.4 Å². The highest BCUT2D eigenvalue weighted by Gasteiger charge is 2.13. The summed E-state index contributed by atoms with van der Waals surface area (Å²) in [4.78, 5) is 4.32. The van der Waals surface area contributed by atoms with Gasteiger partial charge in [0.2, 0.25) is 0 Å². The molecule has 0 amide bonds. The molecule has 17 heavy (non-hydrogen) atoms. The van der Waals surface area contributed by atoms with Crippen LogP contribution in [0.5, 0.6) is 5.75 Å². The zero-order valence-electron chi connectivity index (χ0n) is 11.1. The minimum absolute atomic E-state index is 0.184. The predicted octanol–water partition coefficient (Wildman–Crippen LogP) is 1.82. The molecule has 0 aliphatic heterocycles. The summed E-state index contributed by atoms with van der Waals surface area (Å²) in [7, 11) is 3.36. The summed E-state index contributed by atoms with van der Waals surface area (Å²) in [6.45, 7) is 4.51. The van der Waals surface area contributed by atoms with E-state index in [1.165, 1.54) is 5.56 Å². The van der Waals surface area contributed by atoms with Crippen molar-refractivity contribution in [2.75, 3.05) is 14.2 Å². The first-order chi connectivity index (χ1) is 8.10. The van der Waals surface area contributed by atoms with Crippen molar-refractivity contribution in [2.24, 2.45) is 5.73 Å². The summed E-state index contributed by atoms with van der Waals surface area (Å²) in [5.41, 5.74) is 8.96. The van der Waals surface area contributed by atoms with Crippen molar-refractivity contribution < 1.29 is 9.47 Å². The quantitative estimate of drug-likeness (QED) is 0.821. The van der Waals surface area contributed by atoms with Crippen LogP contribution in [0.15, 0.2) is 6.20 Å². The van der Waals surface area contributed by atoms with Gasteiger partial charge in [-0.15, -0.1) is 0 Å². The summed E-state index contributed by atoms with van der Waals surface area (Å²) in [6, 6.07) is 0.184. The number of aromatic nitrogens is 1. The van der Waals surface area contributed by atoms with Crippen LogP contribution in [-0.2, 0) is 17.8 Å². The second-order valence-electron chi connectivity index (χ2n) is 4.33. The van der Waals surface area contributed by atoms with E-state index in [9.17, 15) is 0 Å². The Bertz CT molecular complexity index is 365. The first-order valence-corrected chi connectivity index (χ1v) is 5.86. The highest BCUT2D eigenvalue weighted by molar-refractivity contribution is 5.41. The summed E-state index contributed by atoms with van der Waals surface area (Å²) in [6.07, 6.45) is 3.68. The van der Waals surface area contributed by atoms with Crippen molar-refractivity contribution in [3.05, 3.63) is 23.0 Å². The lowest BCUT2D eigenvalue weighted by atomic mass is 10.0. The number of nitrogens with zero attached hydrogens (tertiary/aromatic N) is 1. The van der Waals surface area contributed by atoms with E-state index in [4.69, 9.17) is 15.2 Å². The average molecular weight is 238 g/mol. The third-order valence-electron chi connectivity index (χ3n) is 2.76. The van der Waals surface area contributed by atoms with E-state index in [0.29, 0.717) is 6.61 Å². The Morgan fingerprint density at radius 3 is 2.65 bits per heavy atom. The molecule has 1 atom stereocenters. The maximum Gasteiger partial charge on any atom is 0.143 e. The average Bonchev–Trinajstić information content (AvgIpc) is 2.29. The van der Waals surface area contributed by atoms with Gasteiger partial charge in [-0.1, -0.05) is 0 Å². The number of ether oxygens (including phenoxy) is 2. The highest BCUT2D eigenvalue weighted by atomic mass is 16.5. The van der Waals surface area contributed by atoms with E-state index >= 15 is 0 Å². The summed E-state index contributed by atoms with van der Waals surface area (Å²) < 4.78 is 10.6. The first kappa shape index (κ1) is 13.9. The van der Waals surface area contributed by atoms with E-state index in [2.05, 4.69) is 4.98 Å². The molecule has 1 heterocycles. The second kappa shape index (κ2) is 6.57. The van der Waals surface area contributed by atoms with Gasteiger partial charge in [-0.05, 0) is 26.7 Å². The van der Waals surface area contributed by atoms with Gasteiger partial charge in [0.1, 0.15) is 5.75 Å². The Kier molecular flexibility index (Phi) is 5.38. The smallest absolute Gasteiger partial charge is 0.143 e. The lowest BCUT2D eigenvalue weighted by molar-refractivity contribution is 0.183. The molecule has 0 aliphatic carbocycles. The number of nitrogens with two attached hydrogens (primary N) is 1. The van der Waals surface area contributed by atoms with E-state index in [-0.39, 0.29) is 6.04 Å². The first-order valence-electron chi connectivity index (χ1n) is 5.86. The minimum atomic E-state index is 0.184. The van der Waals surface area contributed by atoms with Gasteiger partial charge in [-0.25, -0.2) is 0 Å². The normalized spacial score (nSPS) is 12.5. The molecule has 0 spiro atoms. The molecular formula is C13H22N2O2. The van der Waals surface area contributed by atoms with E-state index in [1.54, 1.807) is 14.2 Å². The number of hydrogen-bond donors (Lipinski definition) is 1. The highest BCUT2D eigenvalue weighted by Crippen LogP contribution is 2.27. The Morgan fingerprint density at radius 1 is 1.41 bits per heavy atom. The van der Waals surface area contributed by atoms with Gasteiger partial charge < -0.3 is 15.2 Å². The molecule has 0 aliphatic rings. The van der Waals surface area contributed by atoms with Crippen molar-refractivity contribution in [3.8, 4) is 5.75 Å². The molecule has 0 saturated heterocycles. The minimum Gasteiger partial charge on any atom is -0.495 e. The maximum atomic E-state index is 5.81. The molecule has 1 aromatic rings. The fraction of sp³-hybridized carbons (Fsp3) is 0.615. The molecule has 2 N–H and O–H groups in total. The van der Waals surface area contributed by atoms with Crippen LogP contribution in [0.25, 0.3) is 0 Å². The number of pyridine rings is 1. The Hall–Kier alpha value is -1.13. The molecule has 1 rings (SSSR count). The van der Waals surface area contributed by atoms with Crippen molar-refractivity contribution in [2.45, 2.75) is 39.3 Å². The summed E-state index contributed by atoms with van der Waals surface area (Å²) >= 11 is 0. The van der Waals surface area contributed by atoms with Crippen LogP contribution in [0.4, 0.5) is 0 Å². The molecule has 0 fully saturated rings. The molecule has 4 heteroatoms. The molecule has 0 bridgehead atoms. The van der Waals surface area contributed by atoms with Gasteiger partial charge in [-0.3, -0.25) is 4.98 Å². The third kappa shape index (κ3) is 3.68. The van der Waals surface area contributed by atoms with Crippen LogP contribution in [0, 0.1) is 6.92 Å². The number of rotatable bonds is 6. The van der Waals surface area contributed by atoms with Crippen LogP contribution in [0.3, 0.4) is 0 Å². The zero-order valence-corrected chi connectivity index (χ0v) is 11.1. The third-order valence-corrected chi connectivity index (χ3v) is 2.76. The molecule has 0 aromatic carbocycles. The molecule has 4 nitrogen and oxygen atoms in total. The summed E-state index contributed by atoms with van der Waals surface area (Å²) in [5, 5.41) is 0. The predicted molar refractivity (Wildman–Crippen MR) is 68.2 cm³/mol. The largest absolute Gasteiger partial charge is 0.495 e. The van der Waals surface area contributed by atoms with Crippen molar-refractivity contribution in [1.82, 2.24) is 4.98 Å². The molecule has 96 valence electrons. The molecule has 0 radical (unpaired) electrons. The molecular weight excluding hydrogens is 216 g/mol. The topological polar surface area (TPSA) is 57.4 Å². The van der Waals surface area contributed by atoms with Crippen LogP contribution in [0.2, 0.25) is 0 Å². The van der Waals surface area contributed by atoms with Crippen LogP contribution in [-0.4, -0.2) is 25.2 Å². The fourth-order valence-corrected chi connectivity index (χ4v) is 1.87. The van der Waals surface area contributed by atoms with Crippen LogP contribution < -0.4 is 10.5 Å². The molecule has 0 saturated carbocycles. The number of methoxy groups -OCH3 is 2. The zero-order chi connectivity index (χ0) is 12.8. The Labute approximate surface area is 103 Å². The van der Waals surface area contributed by atoms with E-state index in [0.717, 1.165) is 29.8 Å². The van der Waals surface area contributed by atoms with Gasteiger partial charge in [-0.2, -0.15) is 0 Å². The van der Waals surface area contributed by atoms with E-state index < -0.39 is 0 Å². The molecule has 0 unspecified atom stereocenters. The van der Waals surface area contributed by atoms with Gasteiger partial charge >= 0.3 is 0 Å². The number of aryl methyl sites for hydroxylation is 1. The second-order valence-corrected chi connectivity index (χ2v) is 4.33. The number of hydrogen-bond acceptors (Lipinski definition) is 4. The molecule has 1 aromatic heterocycles. The summed E-state index contributed by atoms with van der Waals surface area (Å²) in [5.74, 6) is 0.861. The lowest BCUT2D eigenvalue weighted by Crippen LogP contribution is -2.16. The standard InChI is InChI=1S/C13H22N2O2/c1-9(14)5-6-12-11(8-16-3)7-15-10(2)13(12)17-4/h7,9H,5-6,8,14H2,1-4H3/t9-/m0/s1. The lowest BCUT2D eigenvalue weighted by Gasteiger charge is -2.16. The van der Waals surface area contributed by atoms with E-state index in [1.807, 2.05) is 20.0 Å². The maximum absolute atomic E-state index is 5.81. The van der Waals surface area contributed by atoms with Crippen molar-refractivity contribution in [1.29, 1.82) is 0 Å². The van der Waals surface area contributed by atoms with Crippen molar-refractivity contribution >= 4 is 0 Å². The van der Waals surface area contributed by atoms with Gasteiger partial charge in [0.15, 0.2) is 0 Å².